The van der Waals surface area contributed by atoms with E-state index in [2.05, 4.69) is 31.4 Å². The molecule has 2 aromatic carbocycles. The van der Waals surface area contributed by atoms with E-state index in [0.717, 1.165) is 12.8 Å². The number of benzene rings is 2. The smallest absolute Gasteiger partial charge is 0.335 e. The van der Waals surface area contributed by atoms with Crippen molar-refractivity contribution in [2.75, 3.05) is 17.2 Å². The molecule has 3 atom stereocenters. The lowest BCUT2D eigenvalue weighted by molar-refractivity contribution is -0.126. The maximum atomic E-state index is 12.6. The Kier molecular flexibility index (Phi) is 8.87. The van der Waals surface area contributed by atoms with E-state index in [9.17, 15) is 14.4 Å². The largest absolute Gasteiger partial charge is 0.478 e. The third kappa shape index (κ3) is 7.29. The number of carboxylic acid groups (broad SMARTS) is 1. The van der Waals surface area contributed by atoms with Crippen molar-refractivity contribution >= 4 is 29.2 Å². The quantitative estimate of drug-likeness (QED) is 0.432. The standard InChI is InChI=1S/C27H34N2O6/c1-16(2)26-17(3)6-5-7-23(26)34-15-25(31)29-20-10-13-22(28-18(4)30)24(14-20)35-21-11-8-19(9-12-21)27(32)33/h8-14,16-17,23,26H,5-7,15H2,1-4H3,(H,28,30)(H,29,31)(H,32,33). The van der Waals surface area contributed by atoms with E-state index >= 15 is 0 Å². The topological polar surface area (TPSA) is 114 Å². The number of amides is 2. The zero-order valence-electron chi connectivity index (χ0n) is 20.7. The van der Waals surface area contributed by atoms with E-state index in [-0.39, 0.29) is 30.1 Å². The van der Waals surface area contributed by atoms with Gasteiger partial charge in [0.15, 0.2) is 5.75 Å². The van der Waals surface area contributed by atoms with Crippen LogP contribution < -0.4 is 15.4 Å². The SMILES string of the molecule is CC(=O)Nc1ccc(NC(=O)COC2CCCC(C)C2C(C)C)cc1Oc1ccc(C(=O)O)cc1. The van der Waals surface area contributed by atoms with E-state index < -0.39 is 5.97 Å². The Hall–Kier alpha value is -3.39. The molecule has 0 aromatic heterocycles. The predicted octanol–water partition coefficient (Wildman–Crippen LogP) is 5.55. The number of hydrogen-bond donors (Lipinski definition) is 3. The zero-order chi connectivity index (χ0) is 25.5. The fourth-order valence-corrected chi connectivity index (χ4v) is 4.82. The fraction of sp³-hybridized carbons (Fsp3) is 0.444. The van der Waals surface area contributed by atoms with Gasteiger partial charge in [0.25, 0.3) is 0 Å². The Balaban J connectivity index is 1.69. The molecule has 188 valence electrons. The molecule has 1 aliphatic rings. The van der Waals surface area contributed by atoms with Gasteiger partial charge in [-0.25, -0.2) is 4.79 Å². The minimum Gasteiger partial charge on any atom is -0.478 e. The Labute approximate surface area is 206 Å². The molecular weight excluding hydrogens is 448 g/mol. The molecular formula is C27H34N2O6. The van der Waals surface area contributed by atoms with Gasteiger partial charge in [0.1, 0.15) is 12.4 Å². The number of carboxylic acids is 1. The second-order valence-corrected chi connectivity index (χ2v) is 9.45. The summed E-state index contributed by atoms with van der Waals surface area (Å²) in [6.45, 7) is 8.01. The second-order valence-electron chi connectivity index (χ2n) is 9.45. The first-order chi connectivity index (χ1) is 16.6. The summed E-state index contributed by atoms with van der Waals surface area (Å²) in [5.74, 6) is 0.608. The molecule has 0 saturated heterocycles. The van der Waals surface area contributed by atoms with Gasteiger partial charge < -0.3 is 25.2 Å². The average molecular weight is 483 g/mol. The van der Waals surface area contributed by atoms with Crippen LogP contribution in [0.3, 0.4) is 0 Å². The molecule has 2 amide bonds. The summed E-state index contributed by atoms with van der Waals surface area (Å²) < 4.78 is 11.9. The van der Waals surface area contributed by atoms with Gasteiger partial charge in [-0.05, 0) is 60.6 Å². The van der Waals surface area contributed by atoms with Crippen LogP contribution in [0.15, 0.2) is 42.5 Å². The van der Waals surface area contributed by atoms with Crippen LogP contribution in [0.1, 0.15) is 57.3 Å². The van der Waals surface area contributed by atoms with E-state index in [1.807, 2.05) is 0 Å². The highest BCUT2D eigenvalue weighted by molar-refractivity contribution is 5.94. The molecule has 0 spiro atoms. The monoisotopic (exact) mass is 482 g/mol. The molecule has 0 bridgehead atoms. The van der Waals surface area contributed by atoms with Crippen molar-refractivity contribution in [2.45, 2.75) is 53.1 Å². The van der Waals surface area contributed by atoms with Crippen molar-refractivity contribution in [1.29, 1.82) is 0 Å². The lowest BCUT2D eigenvalue weighted by Crippen LogP contribution is -2.38. The van der Waals surface area contributed by atoms with Crippen molar-refractivity contribution in [2.24, 2.45) is 17.8 Å². The lowest BCUT2D eigenvalue weighted by atomic mass is 9.72. The van der Waals surface area contributed by atoms with Gasteiger partial charge in [-0.2, -0.15) is 0 Å². The van der Waals surface area contributed by atoms with Gasteiger partial charge in [-0.15, -0.1) is 0 Å². The minimum atomic E-state index is -1.04. The molecule has 35 heavy (non-hydrogen) atoms. The van der Waals surface area contributed by atoms with Crippen molar-refractivity contribution in [3.63, 3.8) is 0 Å². The summed E-state index contributed by atoms with van der Waals surface area (Å²) in [4.78, 5) is 35.3. The summed E-state index contributed by atoms with van der Waals surface area (Å²) in [6.07, 6.45) is 3.33. The number of ether oxygens (including phenoxy) is 2. The van der Waals surface area contributed by atoms with Crippen LogP contribution in [-0.2, 0) is 14.3 Å². The molecule has 1 aliphatic carbocycles. The number of rotatable bonds is 9. The highest BCUT2D eigenvalue weighted by atomic mass is 16.5. The Morgan fingerprint density at radius 1 is 1.06 bits per heavy atom. The summed E-state index contributed by atoms with van der Waals surface area (Å²) in [5.41, 5.74) is 1.04. The fourth-order valence-electron chi connectivity index (χ4n) is 4.82. The van der Waals surface area contributed by atoms with Crippen LogP contribution in [0.2, 0.25) is 0 Å². The lowest BCUT2D eigenvalue weighted by Gasteiger charge is -2.38. The minimum absolute atomic E-state index is 0.0408. The molecule has 3 unspecified atom stereocenters. The van der Waals surface area contributed by atoms with Crippen molar-refractivity contribution < 1.29 is 29.0 Å². The summed E-state index contributed by atoms with van der Waals surface area (Å²) >= 11 is 0. The molecule has 3 N–H and O–H groups in total. The number of hydrogen-bond acceptors (Lipinski definition) is 5. The number of carbonyl (C=O) groups is 3. The highest BCUT2D eigenvalue weighted by Crippen LogP contribution is 2.37. The van der Waals surface area contributed by atoms with Crippen molar-refractivity contribution in [1.82, 2.24) is 0 Å². The molecule has 0 heterocycles. The first-order valence-corrected chi connectivity index (χ1v) is 12.0. The molecule has 2 aromatic rings. The molecule has 0 aliphatic heterocycles. The van der Waals surface area contributed by atoms with E-state index in [1.54, 1.807) is 18.2 Å². The van der Waals surface area contributed by atoms with Gasteiger partial charge in [0.05, 0.1) is 17.4 Å². The van der Waals surface area contributed by atoms with E-state index in [1.165, 1.54) is 37.6 Å². The average Bonchev–Trinajstić information content (AvgIpc) is 2.79. The normalized spacial score (nSPS) is 19.7. The summed E-state index contributed by atoms with van der Waals surface area (Å²) in [5, 5.41) is 14.6. The zero-order valence-corrected chi connectivity index (χ0v) is 20.7. The molecule has 1 saturated carbocycles. The Bertz CT molecular complexity index is 1050. The molecule has 3 rings (SSSR count). The number of anilines is 2. The molecule has 8 nitrogen and oxygen atoms in total. The maximum absolute atomic E-state index is 12.6. The van der Waals surface area contributed by atoms with Crippen LogP contribution in [0.25, 0.3) is 0 Å². The van der Waals surface area contributed by atoms with Gasteiger partial charge >= 0.3 is 5.97 Å². The van der Waals surface area contributed by atoms with Crippen LogP contribution in [0.4, 0.5) is 11.4 Å². The van der Waals surface area contributed by atoms with Gasteiger partial charge in [0.2, 0.25) is 11.8 Å². The van der Waals surface area contributed by atoms with Crippen LogP contribution >= 0.6 is 0 Å². The number of aromatic carboxylic acids is 1. The molecule has 1 fully saturated rings. The number of carbonyl (C=O) groups excluding carboxylic acids is 2. The summed E-state index contributed by atoms with van der Waals surface area (Å²) in [7, 11) is 0. The van der Waals surface area contributed by atoms with Crippen molar-refractivity contribution in [3.05, 3.63) is 48.0 Å². The third-order valence-corrected chi connectivity index (χ3v) is 6.34. The van der Waals surface area contributed by atoms with Crippen molar-refractivity contribution in [3.8, 4) is 11.5 Å². The second kappa shape index (κ2) is 11.8. The predicted molar refractivity (Wildman–Crippen MR) is 134 cm³/mol. The van der Waals surface area contributed by atoms with Crippen LogP contribution in [0, 0.1) is 17.8 Å². The highest BCUT2D eigenvalue weighted by Gasteiger charge is 2.33. The number of nitrogens with one attached hydrogen (secondary N) is 2. The van der Waals surface area contributed by atoms with E-state index in [0.29, 0.717) is 40.6 Å². The molecule has 0 radical (unpaired) electrons. The first-order valence-electron chi connectivity index (χ1n) is 12.0. The first kappa shape index (κ1) is 26.2. The third-order valence-electron chi connectivity index (χ3n) is 6.34. The van der Waals surface area contributed by atoms with Gasteiger partial charge in [-0.3, -0.25) is 9.59 Å². The van der Waals surface area contributed by atoms with E-state index in [4.69, 9.17) is 14.6 Å². The Morgan fingerprint density at radius 2 is 1.77 bits per heavy atom. The van der Waals surface area contributed by atoms with Gasteiger partial charge in [0, 0.05) is 18.7 Å². The maximum Gasteiger partial charge on any atom is 0.335 e. The Morgan fingerprint density at radius 3 is 2.40 bits per heavy atom. The van der Waals surface area contributed by atoms with Crippen LogP contribution in [-0.4, -0.2) is 35.6 Å². The molecule has 8 heteroatoms. The summed E-state index contributed by atoms with van der Waals surface area (Å²) in [6, 6.07) is 10.8. The van der Waals surface area contributed by atoms with Gasteiger partial charge in [-0.1, -0.05) is 33.6 Å². The van der Waals surface area contributed by atoms with Crippen LogP contribution in [0.5, 0.6) is 11.5 Å².